The predicted molar refractivity (Wildman–Crippen MR) is 118 cm³/mol. The van der Waals surface area contributed by atoms with Crippen molar-refractivity contribution in [3.63, 3.8) is 0 Å². The summed E-state index contributed by atoms with van der Waals surface area (Å²) in [6.07, 6.45) is -2.03. The van der Waals surface area contributed by atoms with E-state index in [1.807, 2.05) is 0 Å². The van der Waals surface area contributed by atoms with E-state index in [0.717, 1.165) is 0 Å². The molecule has 0 aliphatic carbocycles. The smallest absolute Gasteiger partial charge is 0.422 e. The number of carboxylic acids is 1. The average Bonchev–Trinajstić information content (AvgIpc) is 2.59. The van der Waals surface area contributed by atoms with Gasteiger partial charge in [-0.05, 0) is 73.8 Å². The largest absolute Gasteiger partial charge is 0.477 e. The highest BCUT2D eigenvalue weighted by molar-refractivity contribution is 6.05. The van der Waals surface area contributed by atoms with Gasteiger partial charge in [-0.25, -0.2) is 19.3 Å². The number of hydrogen-bond donors (Lipinski definition) is 3. The van der Waals surface area contributed by atoms with E-state index in [9.17, 15) is 29.4 Å². The first kappa shape index (κ1) is 29.4. The van der Waals surface area contributed by atoms with Gasteiger partial charge in [0, 0.05) is 0 Å². The Labute approximate surface area is 189 Å². The minimum atomic E-state index is -1.84. The lowest BCUT2D eigenvalue weighted by Crippen LogP contribution is -2.61. The molecule has 0 saturated carbocycles. The number of imide groups is 1. The number of ether oxygens (including phenoxy) is 2. The van der Waals surface area contributed by atoms with Crippen LogP contribution in [0.3, 0.4) is 0 Å². The lowest BCUT2D eigenvalue weighted by Gasteiger charge is -2.36. The van der Waals surface area contributed by atoms with Gasteiger partial charge in [0.05, 0.1) is 5.60 Å². The molecule has 184 valence electrons. The SMILES string of the molecule is CC/C(C)=C(/C(=O)O)N(C(=O)OC(C)(C)C)C(=O)[C@@H](NC(=O)OC(C)(C)C)[C@](C)(O)CC. The number of carbonyl (C=O) groups is 4. The number of aliphatic carboxylic acids is 1. The molecular weight excluding hydrogens is 420 g/mol. The lowest BCUT2D eigenvalue weighted by molar-refractivity contribution is -0.143. The first-order valence-corrected chi connectivity index (χ1v) is 10.5. The van der Waals surface area contributed by atoms with E-state index >= 15 is 0 Å². The van der Waals surface area contributed by atoms with Crippen molar-refractivity contribution in [2.45, 2.75) is 105 Å². The number of hydrogen-bond acceptors (Lipinski definition) is 7. The minimum absolute atomic E-state index is 0.000240. The third-order valence-electron chi connectivity index (χ3n) is 4.40. The maximum atomic E-state index is 13.5. The highest BCUT2D eigenvalue weighted by Crippen LogP contribution is 2.24. The Morgan fingerprint density at radius 1 is 0.938 bits per heavy atom. The number of carbonyl (C=O) groups excluding carboxylic acids is 3. The zero-order valence-corrected chi connectivity index (χ0v) is 20.8. The van der Waals surface area contributed by atoms with Crippen LogP contribution in [0.1, 0.15) is 82.1 Å². The molecule has 0 bridgehead atoms. The van der Waals surface area contributed by atoms with Gasteiger partial charge >= 0.3 is 18.2 Å². The van der Waals surface area contributed by atoms with E-state index in [4.69, 9.17) is 9.47 Å². The van der Waals surface area contributed by atoms with Gasteiger partial charge in [-0.3, -0.25) is 4.79 Å². The zero-order chi connectivity index (χ0) is 25.7. The molecule has 32 heavy (non-hydrogen) atoms. The maximum absolute atomic E-state index is 13.5. The molecule has 3 amide bonds. The number of nitrogens with zero attached hydrogens (tertiary/aromatic N) is 1. The van der Waals surface area contributed by atoms with Crippen molar-refractivity contribution in [2.24, 2.45) is 0 Å². The number of alkyl carbamates (subject to hydrolysis) is 1. The minimum Gasteiger partial charge on any atom is -0.477 e. The number of amides is 3. The molecule has 0 aliphatic rings. The predicted octanol–water partition coefficient (Wildman–Crippen LogP) is 3.57. The van der Waals surface area contributed by atoms with Crippen LogP contribution in [0.4, 0.5) is 9.59 Å². The lowest BCUT2D eigenvalue weighted by atomic mass is 9.92. The second-order valence-corrected chi connectivity index (χ2v) is 9.73. The van der Waals surface area contributed by atoms with Crippen LogP contribution in [0.15, 0.2) is 11.3 Å². The van der Waals surface area contributed by atoms with Crippen molar-refractivity contribution in [1.29, 1.82) is 0 Å². The summed E-state index contributed by atoms with van der Waals surface area (Å²) < 4.78 is 10.5. The van der Waals surface area contributed by atoms with Gasteiger partial charge in [0.25, 0.3) is 5.91 Å². The fourth-order valence-corrected chi connectivity index (χ4v) is 2.48. The van der Waals surface area contributed by atoms with Crippen LogP contribution in [0, 0.1) is 0 Å². The van der Waals surface area contributed by atoms with E-state index in [2.05, 4.69) is 5.32 Å². The summed E-state index contributed by atoms with van der Waals surface area (Å²) in [6.45, 7) is 15.5. The van der Waals surface area contributed by atoms with E-state index in [-0.39, 0.29) is 18.4 Å². The Morgan fingerprint density at radius 2 is 1.41 bits per heavy atom. The summed E-state index contributed by atoms with van der Waals surface area (Å²) in [6, 6.07) is -1.70. The molecule has 0 radical (unpaired) electrons. The summed E-state index contributed by atoms with van der Waals surface area (Å²) in [5, 5.41) is 22.9. The van der Waals surface area contributed by atoms with Crippen LogP contribution >= 0.6 is 0 Å². The van der Waals surface area contributed by atoms with E-state index in [0.29, 0.717) is 4.90 Å². The summed E-state index contributed by atoms with van der Waals surface area (Å²) in [5.41, 5.74) is -4.15. The molecule has 0 heterocycles. The number of allylic oxidation sites excluding steroid dienone is 1. The van der Waals surface area contributed by atoms with Gasteiger partial charge in [-0.2, -0.15) is 0 Å². The highest BCUT2D eigenvalue weighted by atomic mass is 16.6. The molecule has 0 fully saturated rings. The highest BCUT2D eigenvalue weighted by Gasteiger charge is 2.45. The standard InChI is InChI=1S/C22H38N2O8/c1-11-13(3)14(17(26)27)24(19(29)32-21(7,8)9)16(25)15(22(10,30)12-2)23-18(28)31-20(4,5)6/h15,30H,11-12H2,1-10H3,(H,23,28)(H,26,27)/b14-13-/t15-,22-/m1/s1. The van der Waals surface area contributed by atoms with Crippen molar-refractivity contribution >= 4 is 24.1 Å². The molecule has 0 aromatic heterocycles. The van der Waals surface area contributed by atoms with Crippen LogP contribution < -0.4 is 5.32 Å². The molecule has 0 aromatic rings. The molecule has 2 atom stereocenters. The Bertz CT molecular complexity index is 757. The van der Waals surface area contributed by atoms with Crippen molar-refractivity contribution in [1.82, 2.24) is 10.2 Å². The second-order valence-electron chi connectivity index (χ2n) is 9.73. The fraction of sp³-hybridized carbons (Fsp3) is 0.727. The van der Waals surface area contributed by atoms with Crippen molar-refractivity contribution in [3.05, 3.63) is 11.3 Å². The van der Waals surface area contributed by atoms with Gasteiger partial charge in [-0.15, -0.1) is 0 Å². The van der Waals surface area contributed by atoms with Crippen LogP contribution in [0.5, 0.6) is 0 Å². The third kappa shape index (κ3) is 8.86. The summed E-state index contributed by atoms with van der Waals surface area (Å²) in [4.78, 5) is 51.3. The summed E-state index contributed by atoms with van der Waals surface area (Å²) in [5.74, 6) is -2.70. The van der Waals surface area contributed by atoms with Crippen LogP contribution in [0.25, 0.3) is 0 Å². The summed E-state index contributed by atoms with van der Waals surface area (Å²) in [7, 11) is 0. The van der Waals surface area contributed by atoms with Gasteiger partial charge in [0.15, 0.2) is 0 Å². The molecule has 0 rings (SSSR count). The zero-order valence-electron chi connectivity index (χ0n) is 20.8. The topological polar surface area (TPSA) is 142 Å². The summed E-state index contributed by atoms with van der Waals surface area (Å²) >= 11 is 0. The van der Waals surface area contributed by atoms with Crippen molar-refractivity contribution in [3.8, 4) is 0 Å². The Balaban J connectivity index is 6.62. The van der Waals surface area contributed by atoms with Crippen LogP contribution in [-0.2, 0) is 19.1 Å². The number of aliphatic hydroxyl groups is 1. The number of carboxylic acid groups (broad SMARTS) is 1. The normalized spacial score (nSPS) is 15.6. The molecule has 0 unspecified atom stereocenters. The first-order valence-electron chi connectivity index (χ1n) is 10.5. The first-order chi connectivity index (χ1) is 14.3. The fourth-order valence-electron chi connectivity index (χ4n) is 2.48. The van der Waals surface area contributed by atoms with Crippen molar-refractivity contribution in [2.75, 3.05) is 0 Å². The Hall–Kier alpha value is -2.62. The van der Waals surface area contributed by atoms with E-state index < -0.39 is 52.6 Å². The third-order valence-corrected chi connectivity index (χ3v) is 4.40. The molecule has 10 nitrogen and oxygen atoms in total. The van der Waals surface area contributed by atoms with E-state index in [1.54, 1.807) is 55.4 Å². The second kappa shape index (κ2) is 10.8. The van der Waals surface area contributed by atoms with Crippen molar-refractivity contribution < 1.29 is 38.9 Å². The molecule has 10 heteroatoms. The molecule has 0 saturated heterocycles. The maximum Gasteiger partial charge on any atom is 0.422 e. The molecule has 0 aliphatic heterocycles. The van der Waals surface area contributed by atoms with Crippen LogP contribution in [-0.4, -0.2) is 62.0 Å². The number of nitrogens with one attached hydrogen (secondary N) is 1. The van der Waals surface area contributed by atoms with Gasteiger partial charge in [0.2, 0.25) is 0 Å². The van der Waals surface area contributed by atoms with Crippen LogP contribution in [0.2, 0.25) is 0 Å². The molecule has 0 spiro atoms. The quantitative estimate of drug-likeness (QED) is 0.491. The van der Waals surface area contributed by atoms with Gasteiger partial charge < -0.3 is 25.0 Å². The average molecular weight is 459 g/mol. The molecular formula is C22H38N2O8. The van der Waals surface area contributed by atoms with Gasteiger partial charge in [-0.1, -0.05) is 13.8 Å². The van der Waals surface area contributed by atoms with Gasteiger partial charge in [0.1, 0.15) is 22.9 Å². The number of rotatable bonds is 7. The molecule has 3 N–H and O–H groups in total. The monoisotopic (exact) mass is 458 g/mol. The Morgan fingerprint density at radius 3 is 1.75 bits per heavy atom. The molecule has 0 aromatic carbocycles. The van der Waals surface area contributed by atoms with E-state index in [1.165, 1.54) is 13.8 Å². The Kier molecular flexibility index (Phi) is 9.92.